The molecule has 1 aromatic rings. The molecule has 2 amide bonds. The fourth-order valence-electron chi connectivity index (χ4n) is 2.43. The molecule has 0 aromatic heterocycles. The highest BCUT2D eigenvalue weighted by Gasteiger charge is 2.27. The van der Waals surface area contributed by atoms with Crippen LogP contribution in [0.25, 0.3) is 0 Å². The van der Waals surface area contributed by atoms with Crippen LogP contribution >= 0.6 is 0 Å². The zero-order valence-corrected chi connectivity index (χ0v) is 11.6. The number of benzene rings is 1. The first-order valence-corrected chi connectivity index (χ1v) is 6.91. The van der Waals surface area contributed by atoms with Gasteiger partial charge in [0.1, 0.15) is 0 Å². The fourth-order valence-corrected chi connectivity index (χ4v) is 2.43. The number of aliphatic carboxylic acids is 1. The lowest BCUT2D eigenvalue weighted by Crippen LogP contribution is -2.46. The van der Waals surface area contributed by atoms with Crippen molar-refractivity contribution in [3.05, 3.63) is 35.9 Å². The zero-order chi connectivity index (χ0) is 14.5. The van der Waals surface area contributed by atoms with Crippen LogP contribution in [0, 0.1) is 5.92 Å². The molecule has 108 valence electrons. The van der Waals surface area contributed by atoms with Crippen molar-refractivity contribution in [2.45, 2.75) is 25.8 Å². The van der Waals surface area contributed by atoms with Crippen molar-refractivity contribution >= 4 is 12.0 Å². The summed E-state index contributed by atoms with van der Waals surface area (Å²) in [6, 6.07) is 9.59. The predicted molar refractivity (Wildman–Crippen MR) is 75.3 cm³/mol. The highest BCUT2D eigenvalue weighted by Crippen LogP contribution is 2.18. The number of nitrogens with one attached hydrogen (secondary N) is 1. The molecule has 1 saturated heterocycles. The molecule has 2 N–H and O–H groups in total. The number of carboxylic acid groups (broad SMARTS) is 1. The Balaban J connectivity index is 1.85. The number of carbonyl (C=O) groups excluding carboxylic acids is 1. The first-order valence-electron chi connectivity index (χ1n) is 6.91. The number of hydrogen-bond acceptors (Lipinski definition) is 2. The molecular formula is C15H20N2O3. The molecule has 1 atom stereocenters. The van der Waals surface area contributed by atoms with Crippen molar-refractivity contribution in [3.63, 3.8) is 0 Å². The highest BCUT2D eigenvalue weighted by molar-refractivity contribution is 5.75. The molecule has 0 spiro atoms. The van der Waals surface area contributed by atoms with Gasteiger partial charge in [0.05, 0.1) is 12.0 Å². The summed E-state index contributed by atoms with van der Waals surface area (Å²) in [4.78, 5) is 24.7. The van der Waals surface area contributed by atoms with Gasteiger partial charge in [-0.2, -0.15) is 0 Å². The first-order chi connectivity index (χ1) is 9.58. The van der Waals surface area contributed by atoms with Crippen LogP contribution in [0.15, 0.2) is 30.3 Å². The van der Waals surface area contributed by atoms with Crippen molar-refractivity contribution < 1.29 is 14.7 Å². The third-order valence-electron chi connectivity index (χ3n) is 3.77. The van der Waals surface area contributed by atoms with Gasteiger partial charge in [-0.15, -0.1) is 0 Å². The van der Waals surface area contributed by atoms with Crippen LogP contribution in [0.4, 0.5) is 4.79 Å². The molecule has 1 aliphatic heterocycles. The Hall–Kier alpha value is -2.04. The van der Waals surface area contributed by atoms with E-state index in [2.05, 4.69) is 5.32 Å². The van der Waals surface area contributed by atoms with Crippen LogP contribution in [0.5, 0.6) is 0 Å². The molecule has 0 radical (unpaired) electrons. The summed E-state index contributed by atoms with van der Waals surface area (Å²) < 4.78 is 0. The number of rotatable bonds is 3. The predicted octanol–water partition coefficient (Wildman–Crippen LogP) is 2.25. The van der Waals surface area contributed by atoms with Crippen molar-refractivity contribution in [1.82, 2.24) is 10.2 Å². The van der Waals surface area contributed by atoms with E-state index in [0.717, 1.165) is 5.56 Å². The molecule has 1 heterocycles. The van der Waals surface area contributed by atoms with Gasteiger partial charge in [-0.1, -0.05) is 30.3 Å². The molecule has 20 heavy (non-hydrogen) atoms. The monoisotopic (exact) mass is 276 g/mol. The largest absolute Gasteiger partial charge is 0.481 e. The molecule has 0 saturated carbocycles. The van der Waals surface area contributed by atoms with Crippen molar-refractivity contribution in [3.8, 4) is 0 Å². The molecule has 1 aliphatic rings. The average Bonchev–Trinajstić information content (AvgIpc) is 2.48. The van der Waals surface area contributed by atoms with Gasteiger partial charge in [-0.05, 0) is 25.3 Å². The third kappa shape index (κ3) is 3.50. The van der Waals surface area contributed by atoms with E-state index < -0.39 is 5.97 Å². The number of nitrogens with zero attached hydrogens (tertiary/aromatic N) is 1. The zero-order valence-electron chi connectivity index (χ0n) is 11.6. The number of hydrogen-bond donors (Lipinski definition) is 2. The highest BCUT2D eigenvalue weighted by atomic mass is 16.4. The van der Waals surface area contributed by atoms with E-state index in [1.807, 2.05) is 37.3 Å². The Bertz CT molecular complexity index is 467. The molecule has 1 aromatic carbocycles. The van der Waals surface area contributed by atoms with Crippen molar-refractivity contribution in [2.24, 2.45) is 5.92 Å². The third-order valence-corrected chi connectivity index (χ3v) is 3.77. The Morgan fingerprint density at radius 1 is 1.25 bits per heavy atom. The smallest absolute Gasteiger partial charge is 0.317 e. The van der Waals surface area contributed by atoms with Crippen LogP contribution in [-0.2, 0) is 4.79 Å². The van der Waals surface area contributed by atoms with Gasteiger partial charge in [0.2, 0.25) is 0 Å². The molecule has 5 heteroatoms. The summed E-state index contributed by atoms with van der Waals surface area (Å²) in [6.45, 7) is 2.95. The minimum Gasteiger partial charge on any atom is -0.481 e. The van der Waals surface area contributed by atoms with E-state index in [4.69, 9.17) is 5.11 Å². The molecule has 0 unspecified atom stereocenters. The molecule has 0 aliphatic carbocycles. The number of piperidine rings is 1. The topological polar surface area (TPSA) is 69.6 Å². The van der Waals surface area contributed by atoms with Gasteiger partial charge in [-0.25, -0.2) is 4.79 Å². The van der Waals surface area contributed by atoms with E-state index >= 15 is 0 Å². The number of amides is 2. The molecule has 2 rings (SSSR count). The van der Waals surface area contributed by atoms with E-state index in [0.29, 0.717) is 25.9 Å². The van der Waals surface area contributed by atoms with Crippen LogP contribution in [0.3, 0.4) is 0 Å². The summed E-state index contributed by atoms with van der Waals surface area (Å²) in [5.74, 6) is -1.08. The molecule has 1 fully saturated rings. The number of carbonyl (C=O) groups is 2. The maximum atomic E-state index is 12.1. The lowest BCUT2D eigenvalue weighted by atomic mass is 9.97. The van der Waals surface area contributed by atoms with Crippen molar-refractivity contribution in [2.75, 3.05) is 13.1 Å². The summed E-state index contributed by atoms with van der Waals surface area (Å²) in [5, 5.41) is 11.9. The van der Waals surface area contributed by atoms with E-state index in [-0.39, 0.29) is 18.0 Å². The van der Waals surface area contributed by atoms with E-state index in [9.17, 15) is 9.59 Å². The quantitative estimate of drug-likeness (QED) is 0.889. The van der Waals surface area contributed by atoms with Gasteiger partial charge in [0.25, 0.3) is 0 Å². The number of urea groups is 1. The SMILES string of the molecule is C[C@H](NC(=O)N1CCC(C(=O)O)CC1)c1ccccc1. The van der Waals surface area contributed by atoms with Crippen LogP contribution in [0.2, 0.25) is 0 Å². The van der Waals surface area contributed by atoms with E-state index in [1.54, 1.807) is 4.90 Å². The Morgan fingerprint density at radius 3 is 2.40 bits per heavy atom. The van der Waals surface area contributed by atoms with Crippen LogP contribution < -0.4 is 5.32 Å². The lowest BCUT2D eigenvalue weighted by Gasteiger charge is -2.31. The van der Waals surface area contributed by atoms with Gasteiger partial charge in [0.15, 0.2) is 0 Å². The molecular weight excluding hydrogens is 256 g/mol. The maximum Gasteiger partial charge on any atom is 0.317 e. The van der Waals surface area contributed by atoms with Gasteiger partial charge >= 0.3 is 12.0 Å². The van der Waals surface area contributed by atoms with Gasteiger partial charge in [0, 0.05) is 13.1 Å². The van der Waals surface area contributed by atoms with Crippen molar-refractivity contribution in [1.29, 1.82) is 0 Å². The molecule has 0 bridgehead atoms. The number of likely N-dealkylation sites (tertiary alicyclic amines) is 1. The Kier molecular flexibility index (Phi) is 4.61. The summed E-state index contributed by atoms with van der Waals surface area (Å²) in [6.07, 6.45) is 1.06. The summed E-state index contributed by atoms with van der Waals surface area (Å²) >= 11 is 0. The Morgan fingerprint density at radius 2 is 1.85 bits per heavy atom. The minimum atomic E-state index is -0.761. The van der Waals surface area contributed by atoms with Gasteiger partial charge in [-0.3, -0.25) is 4.79 Å². The van der Waals surface area contributed by atoms with Crippen LogP contribution in [0.1, 0.15) is 31.4 Å². The number of carboxylic acids is 1. The summed E-state index contributed by atoms with van der Waals surface area (Å²) in [7, 11) is 0. The second kappa shape index (κ2) is 6.41. The fraction of sp³-hybridized carbons (Fsp3) is 0.467. The maximum absolute atomic E-state index is 12.1. The Labute approximate surface area is 118 Å². The first kappa shape index (κ1) is 14.4. The minimum absolute atomic E-state index is 0.0547. The second-order valence-corrected chi connectivity index (χ2v) is 5.18. The van der Waals surface area contributed by atoms with Crippen LogP contribution in [-0.4, -0.2) is 35.1 Å². The standard InChI is InChI=1S/C15H20N2O3/c1-11(12-5-3-2-4-6-12)16-15(20)17-9-7-13(8-10-17)14(18)19/h2-6,11,13H,7-10H2,1H3,(H,16,20)(H,18,19)/t11-/m0/s1. The van der Waals surface area contributed by atoms with Gasteiger partial charge < -0.3 is 15.3 Å². The van der Waals surface area contributed by atoms with E-state index in [1.165, 1.54) is 0 Å². The summed E-state index contributed by atoms with van der Waals surface area (Å²) in [5.41, 5.74) is 1.06. The molecule has 5 nitrogen and oxygen atoms in total. The average molecular weight is 276 g/mol. The lowest BCUT2D eigenvalue weighted by molar-refractivity contribution is -0.143. The normalized spacial score (nSPS) is 17.6. The second-order valence-electron chi connectivity index (χ2n) is 5.18.